The van der Waals surface area contributed by atoms with E-state index < -0.39 is 6.04 Å². The maximum Gasteiger partial charge on any atom is 0.328 e. The number of anilines is 1. The van der Waals surface area contributed by atoms with Gasteiger partial charge in [-0.2, -0.15) is 0 Å². The van der Waals surface area contributed by atoms with E-state index in [-0.39, 0.29) is 11.1 Å². The van der Waals surface area contributed by atoms with Crippen molar-refractivity contribution in [2.75, 3.05) is 12.4 Å². The smallest absolute Gasteiger partial charge is 0.328 e. The summed E-state index contributed by atoms with van der Waals surface area (Å²) in [6, 6.07) is -0.464. The molecule has 1 N–H and O–H groups in total. The second kappa shape index (κ2) is 6.39. The lowest BCUT2D eigenvalue weighted by molar-refractivity contribution is -0.141. The van der Waals surface area contributed by atoms with Crippen molar-refractivity contribution >= 4 is 23.4 Å². The third kappa shape index (κ3) is 4.19. The Bertz CT molecular complexity index is 385. The Hall–Kier alpha value is -1.36. The molecule has 1 aromatic rings. The van der Waals surface area contributed by atoms with Gasteiger partial charge in [-0.05, 0) is 12.3 Å². The van der Waals surface area contributed by atoms with Crippen LogP contribution in [0.3, 0.4) is 0 Å². The largest absolute Gasteiger partial charge is 0.467 e. The molecule has 0 spiro atoms. The van der Waals surface area contributed by atoms with Crippen LogP contribution in [0, 0.1) is 5.92 Å². The lowest BCUT2D eigenvalue weighted by Gasteiger charge is -2.18. The van der Waals surface area contributed by atoms with Crippen LogP contribution < -0.4 is 5.32 Å². The average Bonchev–Trinajstić information content (AvgIpc) is 2.29. The number of aromatic nitrogens is 2. The third-order valence-corrected chi connectivity index (χ3v) is 2.43. The lowest BCUT2D eigenvalue weighted by atomic mass is 10.0. The van der Waals surface area contributed by atoms with E-state index in [0.717, 1.165) is 0 Å². The Morgan fingerprint density at radius 1 is 1.47 bits per heavy atom. The summed E-state index contributed by atoms with van der Waals surface area (Å²) in [5, 5.41) is 3.19. The minimum absolute atomic E-state index is 0.241. The van der Waals surface area contributed by atoms with Gasteiger partial charge in [0.05, 0.1) is 7.11 Å². The van der Waals surface area contributed by atoms with E-state index in [9.17, 15) is 4.79 Å². The highest BCUT2D eigenvalue weighted by Crippen LogP contribution is 2.18. The molecule has 94 valence electrons. The van der Waals surface area contributed by atoms with Crippen LogP contribution in [0.4, 0.5) is 5.82 Å². The van der Waals surface area contributed by atoms with Crippen molar-refractivity contribution in [3.8, 4) is 0 Å². The van der Waals surface area contributed by atoms with E-state index in [0.29, 0.717) is 18.2 Å². The molecule has 0 radical (unpaired) electrons. The summed E-state index contributed by atoms with van der Waals surface area (Å²) >= 11 is 5.86. The van der Waals surface area contributed by atoms with Crippen LogP contribution >= 0.6 is 11.6 Å². The summed E-state index contributed by atoms with van der Waals surface area (Å²) in [6.07, 6.45) is 3.64. The third-order valence-electron chi connectivity index (χ3n) is 2.16. The number of rotatable bonds is 5. The number of nitrogens with zero attached hydrogens (tertiary/aromatic N) is 2. The molecule has 5 nitrogen and oxygen atoms in total. The zero-order valence-corrected chi connectivity index (χ0v) is 10.9. The number of ether oxygens (including phenoxy) is 1. The molecule has 0 bridgehead atoms. The van der Waals surface area contributed by atoms with Gasteiger partial charge in [-0.1, -0.05) is 25.4 Å². The number of methoxy groups -OCH3 is 1. The molecular formula is C11H16ClN3O2. The number of hydrogen-bond donors (Lipinski definition) is 1. The second-order valence-corrected chi connectivity index (χ2v) is 4.40. The van der Waals surface area contributed by atoms with Crippen molar-refractivity contribution in [2.45, 2.75) is 26.3 Å². The van der Waals surface area contributed by atoms with Crippen molar-refractivity contribution in [2.24, 2.45) is 5.92 Å². The molecule has 0 aliphatic rings. The van der Waals surface area contributed by atoms with Crippen LogP contribution in [0.25, 0.3) is 0 Å². The number of halogens is 1. The first-order valence-electron chi connectivity index (χ1n) is 5.35. The normalized spacial score (nSPS) is 12.3. The predicted octanol–water partition coefficient (Wildman–Crippen LogP) is 2.13. The highest BCUT2D eigenvalue weighted by Gasteiger charge is 2.21. The van der Waals surface area contributed by atoms with Crippen molar-refractivity contribution in [3.05, 3.63) is 17.5 Å². The Morgan fingerprint density at radius 2 is 2.12 bits per heavy atom. The van der Waals surface area contributed by atoms with Crippen LogP contribution in [-0.4, -0.2) is 29.1 Å². The minimum Gasteiger partial charge on any atom is -0.467 e. The quantitative estimate of drug-likeness (QED) is 0.819. The first kappa shape index (κ1) is 13.7. The molecule has 0 aromatic carbocycles. The van der Waals surface area contributed by atoms with Gasteiger partial charge in [0.1, 0.15) is 6.04 Å². The van der Waals surface area contributed by atoms with Crippen LogP contribution in [0.1, 0.15) is 20.3 Å². The fourth-order valence-electron chi connectivity index (χ4n) is 1.41. The second-order valence-electron chi connectivity index (χ2n) is 4.05. The van der Waals surface area contributed by atoms with Gasteiger partial charge in [0.25, 0.3) is 0 Å². The van der Waals surface area contributed by atoms with E-state index in [1.807, 2.05) is 13.8 Å². The van der Waals surface area contributed by atoms with Gasteiger partial charge >= 0.3 is 5.97 Å². The SMILES string of the molecule is COC(=O)C(CC(C)C)Nc1nccnc1Cl. The number of carbonyl (C=O) groups excluding carboxylic acids is 1. The molecule has 0 aliphatic carbocycles. The molecule has 6 heteroatoms. The van der Waals surface area contributed by atoms with Crippen LogP contribution in [0.15, 0.2) is 12.4 Å². The molecule has 17 heavy (non-hydrogen) atoms. The molecule has 1 atom stereocenters. The summed E-state index contributed by atoms with van der Waals surface area (Å²) < 4.78 is 4.73. The zero-order valence-electron chi connectivity index (χ0n) is 10.1. The van der Waals surface area contributed by atoms with Crippen molar-refractivity contribution in [1.82, 2.24) is 9.97 Å². The van der Waals surface area contributed by atoms with Crippen molar-refractivity contribution in [3.63, 3.8) is 0 Å². The van der Waals surface area contributed by atoms with Crippen molar-refractivity contribution in [1.29, 1.82) is 0 Å². The van der Waals surface area contributed by atoms with E-state index in [1.54, 1.807) is 0 Å². The van der Waals surface area contributed by atoms with Crippen LogP contribution in [0.2, 0.25) is 5.15 Å². The fraction of sp³-hybridized carbons (Fsp3) is 0.545. The van der Waals surface area contributed by atoms with Gasteiger partial charge in [-0.25, -0.2) is 14.8 Å². The Morgan fingerprint density at radius 3 is 2.65 bits per heavy atom. The van der Waals surface area contributed by atoms with E-state index in [1.165, 1.54) is 19.5 Å². The first-order valence-corrected chi connectivity index (χ1v) is 5.73. The van der Waals surface area contributed by atoms with Gasteiger partial charge in [0.15, 0.2) is 11.0 Å². The minimum atomic E-state index is -0.464. The number of hydrogen-bond acceptors (Lipinski definition) is 5. The van der Waals surface area contributed by atoms with E-state index in [4.69, 9.17) is 16.3 Å². The summed E-state index contributed by atoms with van der Waals surface area (Å²) in [6.45, 7) is 4.05. The number of esters is 1. The summed E-state index contributed by atoms with van der Waals surface area (Å²) in [5.74, 6) is 0.410. The summed E-state index contributed by atoms with van der Waals surface area (Å²) in [5.41, 5.74) is 0. The average molecular weight is 258 g/mol. The number of carbonyl (C=O) groups is 1. The maximum absolute atomic E-state index is 11.6. The summed E-state index contributed by atoms with van der Waals surface area (Å²) in [4.78, 5) is 19.5. The predicted molar refractivity (Wildman–Crippen MR) is 65.9 cm³/mol. The zero-order chi connectivity index (χ0) is 12.8. The van der Waals surface area contributed by atoms with Crippen LogP contribution in [0.5, 0.6) is 0 Å². The fourth-order valence-corrected chi connectivity index (χ4v) is 1.57. The van der Waals surface area contributed by atoms with Crippen molar-refractivity contribution < 1.29 is 9.53 Å². The number of nitrogens with one attached hydrogen (secondary N) is 1. The van der Waals surface area contributed by atoms with Crippen LogP contribution in [-0.2, 0) is 9.53 Å². The van der Waals surface area contributed by atoms with Gasteiger partial charge in [-0.3, -0.25) is 0 Å². The topological polar surface area (TPSA) is 64.1 Å². The maximum atomic E-state index is 11.6. The monoisotopic (exact) mass is 257 g/mol. The molecule has 0 saturated heterocycles. The Balaban J connectivity index is 2.79. The molecule has 1 rings (SSSR count). The molecule has 0 aliphatic heterocycles. The highest BCUT2D eigenvalue weighted by atomic mass is 35.5. The van der Waals surface area contributed by atoms with Gasteiger partial charge in [-0.15, -0.1) is 0 Å². The lowest BCUT2D eigenvalue weighted by Crippen LogP contribution is -2.32. The molecule has 0 saturated carbocycles. The molecule has 1 aromatic heterocycles. The van der Waals surface area contributed by atoms with E-state index >= 15 is 0 Å². The van der Waals surface area contributed by atoms with Gasteiger partial charge in [0.2, 0.25) is 0 Å². The highest BCUT2D eigenvalue weighted by molar-refractivity contribution is 6.31. The molecule has 0 amide bonds. The molecule has 1 heterocycles. The van der Waals surface area contributed by atoms with Gasteiger partial charge < -0.3 is 10.1 Å². The van der Waals surface area contributed by atoms with E-state index in [2.05, 4.69) is 15.3 Å². The first-order chi connectivity index (χ1) is 8.04. The van der Waals surface area contributed by atoms with Gasteiger partial charge in [0, 0.05) is 12.4 Å². The molecular weight excluding hydrogens is 242 g/mol. The Kier molecular flexibility index (Phi) is 5.15. The summed E-state index contributed by atoms with van der Waals surface area (Å²) in [7, 11) is 1.36. The Labute approximate surface area is 106 Å². The standard InChI is InChI=1S/C11H16ClN3O2/c1-7(2)6-8(11(16)17-3)15-10-9(12)13-4-5-14-10/h4-5,7-8H,6H2,1-3H3,(H,14,15). The molecule has 0 fully saturated rings. The molecule has 1 unspecified atom stereocenters.